The minimum absolute atomic E-state index is 0.0207. The molecule has 0 aliphatic heterocycles. The van der Waals surface area contributed by atoms with Crippen LogP contribution in [0.1, 0.15) is 5.56 Å². The highest BCUT2D eigenvalue weighted by Gasteiger charge is 2.04. The molecule has 0 bridgehead atoms. The lowest BCUT2D eigenvalue weighted by Gasteiger charge is -2.07. The van der Waals surface area contributed by atoms with E-state index in [0.717, 1.165) is 0 Å². The number of carbonyl (C=O) groups excluding carboxylic acids is 1. The van der Waals surface area contributed by atoms with Crippen LogP contribution in [-0.2, 0) is 9.53 Å². The Balaban J connectivity index is 2.01. The van der Waals surface area contributed by atoms with Gasteiger partial charge in [-0.1, -0.05) is 0 Å². The van der Waals surface area contributed by atoms with Gasteiger partial charge in [-0.3, -0.25) is 4.79 Å². The van der Waals surface area contributed by atoms with Crippen LogP contribution in [0, 0.1) is 12.7 Å². The second kappa shape index (κ2) is 6.81. The number of carbonyl (C=O) groups is 1. The van der Waals surface area contributed by atoms with Crippen molar-refractivity contribution in [2.24, 2.45) is 0 Å². The summed E-state index contributed by atoms with van der Waals surface area (Å²) in [6.45, 7) is 1.64. The van der Waals surface area contributed by atoms with Gasteiger partial charge < -0.3 is 14.8 Å². The van der Waals surface area contributed by atoms with Crippen LogP contribution in [0.3, 0.4) is 0 Å². The van der Waals surface area contributed by atoms with E-state index in [9.17, 15) is 9.18 Å². The standard InChI is InChI=1S/C15H15FN2O3/c1-10-7-12(4-5-13(10)16)21-15-6-3-11(8-17-15)18-14(19)9-20-2/h3-8H,9H2,1-2H3,(H,18,19). The summed E-state index contributed by atoms with van der Waals surface area (Å²) in [5.74, 6) is 0.303. The quantitative estimate of drug-likeness (QED) is 0.919. The number of ether oxygens (including phenoxy) is 2. The monoisotopic (exact) mass is 290 g/mol. The number of methoxy groups -OCH3 is 1. The second-order valence-electron chi connectivity index (χ2n) is 4.38. The van der Waals surface area contributed by atoms with E-state index in [1.807, 2.05) is 0 Å². The Morgan fingerprint density at radius 1 is 1.33 bits per heavy atom. The molecule has 5 nitrogen and oxygen atoms in total. The van der Waals surface area contributed by atoms with Crippen LogP contribution in [0.5, 0.6) is 11.6 Å². The highest BCUT2D eigenvalue weighted by Crippen LogP contribution is 2.22. The van der Waals surface area contributed by atoms with Crippen LogP contribution in [0.4, 0.5) is 10.1 Å². The maximum Gasteiger partial charge on any atom is 0.250 e. The molecule has 1 aromatic carbocycles. The molecule has 0 aliphatic carbocycles. The molecule has 0 radical (unpaired) electrons. The van der Waals surface area contributed by atoms with Crippen LogP contribution < -0.4 is 10.1 Å². The molecule has 21 heavy (non-hydrogen) atoms. The van der Waals surface area contributed by atoms with E-state index in [1.165, 1.54) is 25.4 Å². The maximum atomic E-state index is 13.2. The summed E-state index contributed by atoms with van der Waals surface area (Å²) in [5.41, 5.74) is 1.04. The average molecular weight is 290 g/mol. The van der Waals surface area contributed by atoms with Crippen molar-refractivity contribution >= 4 is 11.6 Å². The molecule has 0 spiro atoms. The van der Waals surface area contributed by atoms with Crippen molar-refractivity contribution in [3.8, 4) is 11.6 Å². The van der Waals surface area contributed by atoms with Crippen molar-refractivity contribution in [3.63, 3.8) is 0 Å². The Morgan fingerprint density at radius 2 is 2.14 bits per heavy atom. The van der Waals surface area contributed by atoms with E-state index in [4.69, 9.17) is 9.47 Å². The van der Waals surface area contributed by atoms with Gasteiger partial charge in [-0.05, 0) is 36.8 Å². The number of rotatable bonds is 5. The molecule has 0 saturated heterocycles. The van der Waals surface area contributed by atoms with Crippen molar-refractivity contribution in [2.75, 3.05) is 19.0 Å². The maximum absolute atomic E-state index is 13.2. The molecule has 0 atom stereocenters. The van der Waals surface area contributed by atoms with E-state index in [1.54, 1.807) is 25.1 Å². The number of hydrogen-bond acceptors (Lipinski definition) is 4. The molecule has 1 aromatic heterocycles. The zero-order chi connectivity index (χ0) is 15.2. The first-order chi connectivity index (χ1) is 10.1. The van der Waals surface area contributed by atoms with E-state index in [0.29, 0.717) is 22.9 Å². The van der Waals surface area contributed by atoms with Gasteiger partial charge in [0.2, 0.25) is 11.8 Å². The normalized spacial score (nSPS) is 10.2. The molecule has 0 fully saturated rings. The number of nitrogens with one attached hydrogen (secondary N) is 1. The fourth-order valence-electron chi connectivity index (χ4n) is 1.64. The number of hydrogen-bond donors (Lipinski definition) is 1. The summed E-state index contributed by atoms with van der Waals surface area (Å²) in [7, 11) is 1.44. The third kappa shape index (κ3) is 4.25. The van der Waals surface area contributed by atoms with Crippen molar-refractivity contribution < 1.29 is 18.7 Å². The predicted octanol–water partition coefficient (Wildman–Crippen LogP) is 2.91. The van der Waals surface area contributed by atoms with E-state index in [-0.39, 0.29) is 18.3 Å². The molecule has 0 unspecified atom stereocenters. The van der Waals surface area contributed by atoms with E-state index in [2.05, 4.69) is 10.3 Å². The molecule has 6 heteroatoms. The second-order valence-corrected chi connectivity index (χ2v) is 4.38. The number of halogens is 1. The van der Waals surface area contributed by atoms with Crippen LogP contribution in [0.2, 0.25) is 0 Å². The fraction of sp³-hybridized carbons (Fsp3) is 0.200. The van der Waals surface area contributed by atoms with Gasteiger partial charge in [-0.25, -0.2) is 9.37 Å². The highest BCUT2D eigenvalue weighted by atomic mass is 19.1. The van der Waals surface area contributed by atoms with Crippen molar-refractivity contribution in [3.05, 3.63) is 47.9 Å². The molecule has 1 N–H and O–H groups in total. The zero-order valence-corrected chi connectivity index (χ0v) is 11.7. The minimum Gasteiger partial charge on any atom is -0.439 e. The Labute approximate surface area is 121 Å². The fourth-order valence-corrected chi connectivity index (χ4v) is 1.64. The summed E-state index contributed by atoms with van der Waals surface area (Å²) in [6.07, 6.45) is 1.47. The largest absolute Gasteiger partial charge is 0.439 e. The summed E-state index contributed by atoms with van der Waals surface area (Å²) in [6, 6.07) is 7.72. The predicted molar refractivity (Wildman–Crippen MR) is 76.0 cm³/mol. The van der Waals surface area contributed by atoms with Crippen molar-refractivity contribution in [1.82, 2.24) is 4.98 Å². The van der Waals surface area contributed by atoms with E-state index < -0.39 is 0 Å². The molecule has 1 amide bonds. The highest BCUT2D eigenvalue weighted by molar-refractivity contribution is 5.91. The van der Waals surface area contributed by atoms with Gasteiger partial charge in [0.1, 0.15) is 18.2 Å². The summed E-state index contributed by atoms with van der Waals surface area (Å²) in [5, 5.41) is 2.62. The van der Waals surface area contributed by atoms with Gasteiger partial charge in [0.15, 0.2) is 0 Å². The molecule has 2 rings (SSSR count). The first-order valence-electron chi connectivity index (χ1n) is 6.27. The number of benzene rings is 1. The van der Waals surface area contributed by atoms with Crippen LogP contribution in [0.25, 0.3) is 0 Å². The van der Waals surface area contributed by atoms with Crippen molar-refractivity contribution in [2.45, 2.75) is 6.92 Å². The lowest BCUT2D eigenvalue weighted by Crippen LogP contribution is -2.17. The topological polar surface area (TPSA) is 60.5 Å². The van der Waals surface area contributed by atoms with Gasteiger partial charge in [0.05, 0.1) is 11.9 Å². The molecule has 2 aromatic rings. The van der Waals surface area contributed by atoms with Crippen molar-refractivity contribution in [1.29, 1.82) is 0 Å². The molecule has 1 heterocycles. The molecular weight excluding hydrogens is 275 g/mol. The third-order valence-electron chi connectivity index (χ3n) is 2.65. The van der Waals surface area contributed by atoms with E-state index >= 15 is 0 Å². The zero-order valence-electron chi connectivity index (χ0n) is 11.7. The first kappa shape index (κ1) is 14.9. The number of amides is 1. The number of anilines is 1. The Bertz CT molecular complexity index is 629. The summed E-state index contributed by atoms with van der Waals surface area (Å²) < 4.78 is 23.4. The van der Waals surface area contributed by atoms with Gasteiger partial charge in [0.25, 0.3) is 0 Å². The Hall–Kier alpha value is -2.47. The summed E-state index contributed by atoms with van der Waals surface area (Å²) >= 11 is 0. The lowest BCUT2D eigenvalue weighted by atomic mass is 10.2. The van der Waals surface area contributed by atoms with Gasteiger partial charge in [0, 0.05) is 13.2 Å². The smallest absolute Gasteiger partial charge is 0.250 e. The third-order valence-corrected chi connectivity index (χ3v) is 2.65. The first-order valence-corrected chi connectivity index (χ1v) is 6.27. The number of pyridine rings is 1. The molecule has 0 aliphatic rings. The van der Waals surface area contributed by atoms with Crippen LogP contribution in [-0.4, -0.2) is 24.6 Å². The number of aromatic nitrogens is 1. The number of nitrogens with zero attached hydrogens (tertiary/aromatic N) is 1. The molecule has 110 valence electrons. The summed E-state index contributed by atoms with van der Waals surface area (Å²) in [4.78, 5) is 15.4. The SMILES string of the molecule is COCC(=O)Nc1ccc(Oc2ccc(F)c(C)c2)nc1. The van der Waals surface area contributed by atoms with Crippen LogP contribution >= 0.6 is 0 Å². The Morgan fingerprint density at radius 3 is 2.76 bits per heavy atom. The minimum atomic E-state index is -0.286. The van der Waals surface area contributed by atoms with Gasteiger partial charge in [-0.2, -0.15) is 0 Å². The number of aryl methyl sites for hydroxylation is 1. The van der Waals surface area contributed by atoms with Gasteiger partial charge in [-0.15, -0.1) is 0 Å². The van der Waals surface area contributed by atoms with Crippen LogP contribution in [0.15, 0.2) is 36.5 Å². The Kier molecular flexibility index (Phi) is 4.84. The average Bonchev–Trinajstić information content (AvgIpc) is 2.45. The van der Waals surface area contributed by atoms with Gasteiger partial charge >= 0.3 is 0 Å². The lowest BCUT2D eigenvalue weighted by molar-refractivity contribution is -0.119. The molecule has 0 saturated carbocycles. The molecular formula is C15H15FN2O3.